The normalized spacial score (nSPS) is 20.9. The van der Waals surface area contributed by atoms with E-state index in [0.29, 0.717) is 25.6 Å². The second-order valence-corrected chi connectivity index (χ2v) is 5.17. The van der Waals surface area contributed by atoms with E-state index in [9.17, 15) is 4.79 Å². The lowest BCUT2D eigenvalue weighted by Gasteiger charge is -2.31. The van der Waals surface area contributed by atoms with Crippen molar-refractivity contribution in [3.05, 3.63) is 0 Å². The van der Waals surface area contributed by atoms with Crippen LogP contribution in [0.15, 0.2) is 4.99 Å². The van der Waals surface area contributed by atoms with Crippen LogP contribution in [0.2, 0.25) is 0 Å². The van der Waals surface area contributed by atoms with Crippen molar-refractivity contribution >= 4 is 12.0 Å². The van der Waals surface area contributed by atoms with Crippen molar-refractivity contribution in [2.24, 2.45) is 4.99 Å². The molecule has 0 aromatic rings. The first-order chi connectivity index (χ1) is 7.81. The van der Waals surface area contributed by atoms with Gasteiger partial charge >= 0.3 is 6.09 Å². The third-order valence-electron chi connectivity index (χ3n) is 2.14. The van der Waals surface area contributed by atoms with E-state index >= 15 is 0 Å². The number of carbonyl (C=O) groups is 1. The van der Waals surface area contributed by atoms with Gasteiger partial charge in [0.25, 0.3) is 0 Å². The van der Waals surface area contributed by atoms with Crippen LogP contribution in [0.25, 0.3) is 0 Å². The Morgan fingerprint density at radius 3 is 2.71 bits per heavy atom. The molecule has 1 aliphatic rings. The van der Waals surface area contributed by atoms with Gasteiger partial charge in [-0.3, -0.25) is 4.90 Å². The largest absolute Gasteiger partial charge is 0.480 e. The SMILES string of the molecule is CCOC1=NC(C)CN(C(=O)OC(C)(C)C)C1. The molecule has 0 radical (unpaired) electrons. The summed E-state index contributed by atoms with van der Waals surface area (Å²) in [4.78, 5) is 17.9. The zero-order chi connectivity index (χ0) is 13.1. The number of carbonyl (C=O) groups excluding carboxylic acids is 1. The van der Waals surface area contributed by atoms with E-state index in [1.165, 1.54) is 0 Å². The minimum atomic E-state index is -0.472. The van der Waals surface area contributed by atoms with Crippen LogP contribution in [0.3, 0.4) is 0 Å². The van der Waals surface area contributed by atoms with Crippen LogP contribution in [-0.2, 0) is 9.47 Å². The van der Waals surface area contributed by atoms with Crippen LogP contribution in [0.4, 0.5) is 4.79 Å². The first-order valence-corrected chi connectivity index (χ1v) is 5.99. The molecule has 0 N–H and O–H groups in total. The molecule has 1 rings (SSSR count). The molecule has 1 atom stereocenters. The van der Waals surface area contributed by atoms with Gasteiger partial charge in [-0.2, -0.15) is 0 Å². The van der Waals surface area contributed by atoms with E-state index in [2.05, 4.69) is 4.99 Å². The monoisotopic (exact) mass is 242 g/mol. The molecule has 0 aliphatic carbocycles. The Morgan fingerprint density at radius 2 is 2.18 bits per heavy atom. The van der Waals surface area contributed by atoms with Crippen molar-refractivity contribution in [1.29, 1.82) is 0 Å². The summed E-state index contributed by atoms with van der Waals surface area (Å²) in [5, 5.41) is 0. The Morgan fingerprint density at radius 1 is 1.53 bits per heavy atom. The lowest BCUT2D eigenvalue weighted by Crippen LogP contribution is -2.46. The molecule has 0 bridgehead atoms. The standard InChI is InChI=1S/C12H22N2O3/c1-6-16-10-8-14(7-9(2)13-10)11(15)17-12(3,4)5/h9H,6-8H2,1-5H3. The van der Waals surface area contributed by atoms with Crippen LogP contribution in [0.5, 0.6) is 0 Å². The molecule has 5 heteroatoms. The molecule has 1 aliphatic heterocycles. The van der Waals surface area contributed by atoms with E-state index < -0.39 is 5.60 Å². The molecule has 5 nitrogen and oxygen atoms in total. The number of hydrogen-bond donors (Lipinski definition) is 0. The molecule has 0 aromatic carbocycles. The molecule has 1 heterocycles. The third kappa shape index (κ3) is 4.63. The van der Waals surface area contributed by atoms with Gasteiger partial charge in [0.2, 0.25) is 5.90 Å². The summed E-state index contributed by atoms with van der Waals surface area (Å²) in [6.45, 7) is 11.0. The van der Waals surface area contributed by atoms with Crippen molar-refractivity contribution in [3.63, 3.8) is 0 Å². The highest BCUT2D eigenvalue weighted by Gasteiger charge is 2.27. The minimum Gasteiger partial charge on any atom is -0.480 e. The lowest BCUT2D eigenvalue weighted by atomic mass is 10.2. The fraction of sp³-hybridized carbons (Fsp3) is 0.833. The van der Waals surface area contributed by atoms with Crippen LogP contribution in [0.1, 0.15) is 34.6 Å². The minimum absolute atomic E-state index is 0.0535. The summed E-state index contributed by atoms with van der Waals surface area (Å²) in [6.07, 6.45) is -0.309. The number of rotatable bonds is 1. The van der Waals surface area contributed by atoms with E-state index in [1.807, 2.05) is 34.6 Å². The number of amides is 1. The zero-order valence-electron chi connectivity index (χ0n) is 11.3. The van der Waals surface area contributed by atoms with Crippen molar-refractivity contribution in [2.75, 3.05) is 19.7 Å². The van der Waals surface area contributed by atoms with Gasteiger partial charge in [0, 0.05) is 6.54 Å². The molecule has 17 heavy (non-hydrogen) atoms. The average molecular weight is 242 g/mol. The highest BCUT2D eigenvalue weighted by molar-refractivity contribution is 5.83. The maximum Gasteiger partial charge on any atom is 0.410 e. The average Bonchev–Trinajstić information content (AvgIpc) is 2.14. The van der Waals surface area contributed by atoms with Crippen molar-refractivity contribution < 1.29 is 14.3 Å². The molecular weight excluding hydrogens is 220 g/mol. The molecule has 1 unspecified atom stereocenters. The third-order valence-corrected chi connectivity index (χ3v) is 2.14. The highest BCUT2D eigenvalue weighted by atomic mass is 16.6. The topological polar surface area (TPSA) is 51.1 Å². The second-order valence-electron chi connectivity index (χ2n) is 5.17. The van der Waals surface area contributed by atoms with Crippen molar-refractivity contribution in [2.45, 2.75) is 46.3 Å². The molecule has 0 saturated heterocycles. The Balaban J connectivity index is 2.62. The number of ether oxygens (including phenoxy) is 2. The molecule has 0 fully saturated rings. The molecule has 0 spiro atoms. The van der Waals surface area contributed by atoms with Crippen molar-refractivity contribution in [1.82, 2.24) is 4.90 Å². The maximum absolute atomic E-state index is 11.9. The van der Waals surface area contributed by atoms with Gasteiger partial charge < -0.3 is 9.47 Å². The fourth-order valence-electron chi connectivity index (χ4n) is 1.59. The highest BCUT2D eigenvalue weighted by Crippen LogP contribution is 2.13. The van der Waals surface area contributed by atoms with E-state index in [4.69, 9.17) is 9.47 Å². The molecule has 0 saturated carbocycles. The van der Waals surface area contributed by atoms with Gasteiger partial charge in [0.05, 0.1) is 19.2 Å². The van der Waals surface area contributed by atoms with Crippen LogP contribution >= 0.6 is 0 Å². The van der Waals surface area contributed by atoms with Gasteiger partial charge in [0.1, 0.15) is 5.60 Å². The molecular formula is C12H22N2O3. The van der Waals surface area contributed by atoms with Crippen LogP contribution in [0, 0.1) is 0 Å². The fourth-order valence-corrected chi connectivity index (χ4v) is 1.59. The Bertz CT molecular complexity index is 307. The number of hydrogen-bond acceptors (Lipinski definition) is 4. The van der Waals surface area contributed by atoms with E-state index in [-0.39, 0.29) is 12.1 Å². The Labute approximate surface area is 103 Å². The summed E-state index contributed by atoms with van der Waals surface area (Å²) < 4.78 is 10.7. The predicted octanol–water partition coefficient (Wildman–Crippen LogP) is 2.06. The Kier molecular flexibility index (Phi) is 4.37. The lowest BCUT2D eigenvalue weighted by molar-refractivity contribution is 0.0248. The molecule has 1 amide bonds. The number of nitrogens with zero attached hydrogens (tertiary/aromatic N) is 2. The van der Waals surface area contributed by atoms with Gasteiger partial charge in [0.15, 0.2) is 0 Å². The van der Waals surface area contributed by atoms with E-state index in [0.717, 1.165) is 0 Å². The molecule has 98 valence electrons. The van der Waals surface area contributed by atoms with Crippen LogP contribution in [-0.4, -0.2) is 48.2 Å². The Hall–Kier alpha value is -1.26. The van der Waals surface area contributed by atoms with E-state index in [1.54, 1.807) is 4.90 Å². The van der Waals surface area contributed by atoms with Gasteiger partial charge in [-0.25, -0.2) is 9.79 Å². The van der Waals surface area contributed by atoms with Crippen molar-refractivity contribution in [3.8, 4) is 0 Å². The second kappa shape index (κ2) is 5.38. The zero-order valence-corrected chi connectivity index (χ0v) is 11.3. The van der Waals surface area contributed by atoms with Crippen LogP contribution < -0.4 is 0 Å². The first-order valence-electron chi connectivity index (χ1n) is 5.99. The summed E-state index contributed by atoms with van der Waals surface area (Å²) in [6, 6.07) is 0.0535. The molecule has 0 aromatic heterocycles. The summed E-state index contributed by atoms with van der Waals surface area (Å²) in [5.74, 6) is 0.608. The smallest absolute Gasteiger partial charge is 0.410 e. The summed E-state index contributed by atoms with van der Waals surface area (Å²) in [5.41, 5.74) is -0.472. The predicted molar refractivity (Wildman–Crippen MR) is 66.3 cm³/mol. The summed E-state index contributed by atoms with van der Waals surface area (Å²) in [7, 11) is 0. The van der Waals surface area contributed by atoms with Gasteiger partial charge in [-0.15, -0.1) is 0 Å². The first kappa shape index (κ1) is 13.8. The van der Waals surface area contributed by atoms with Gasteiger partial charge in [-0.05, 0) is 34.6 Å². The summed E-state index contributed by atoms with van der Waals surface area (Å²) >= 11 is 0. The van der Waals surface area contributed by atoms with Gasteiger partial charge in [-0.1, -0.05) is 0 Å². The number of aliphatic imine (C=N–C) groups is 1. The maximum atomic E-state index is 11.9. The quantitative estimate of drug-likeness (QED) is 0.707.